The van der Waals surface area contributed by atoms with E-state index in [9.17, 15) is 0 Å². The van der Waals surface area contributed by atoms with Crippen molar-refractivity contribution in [2.75, 3.05) is 0 Å². The third kappa shape index (κ3) is 7.20. The third-order valence-electron chi connectivity index (χ3n) is 2.54. The molecule has 1 heteroatoms. The third-order valence-corrected chi connectivity index (χ3v) is 2.54. The van der Waals surface area contributed by atoms with Gasteiger partial charge in [-0.3, -0.25) is 0 Å². The maximum absolute atomic E-state index is 2.20. The van der Waals surface area contributed by atoms with Crippen LogP contribution in [0.4, 0.5) is 0 Å². The van der Waals surface area contributed by atoms with Crippen molar-refractivity contribution in [1.29, 1.82) is 0 Å². The Morgan fingerprint density at radius 3 is 1.47 bits per heavy atom. The van der Waals surface area contributed by atoms with Crippen LogP contribution in [0.15, 0.2) is 48.5 Å². The zero-order valence-corrected chi connectivity index (χ0v) is 11.9. The average Bonchev–Trinajstić information content (AvgIpc) is 2.92. The van der Waals surface area contributed by atoms with Gasteiger partial charge in [-0.15, -0.1) is 0 Å². The first kappa shape index (κ1) is 16.2. The van der Waals surface area contributed by atoms with Crippen LogP contribution in [0.5, 0.6) is 0 Å². The van der Waals surface area contributed by atoms with Crippen molar-refractivity contribution in [1.82, 2.24) is 0 Å². The van der Waals surface area contributed by atoms with Crippen molar-refractivity contribution >= 4 is 0 Å². The summed E-state index contributed by atoms with van der Waals surface area (Å²) in [6.45, 7) is 4.40. The van der Waals surface area contributed by atoms with Crippen LogP contribution >= 0.6 is 0 Å². The minimum absolute atomic E-state index is 0. The van der Waals surface area contributed by atoms with Crippen molar-refractivity contribution < 1.29 is 17.1 Å². The normalized spacial score (nSPS) is 9.06. The van der Waals surface area contributed by atoms with Gasteiger partial charge in [-0.25, -0.2) is 24.3 Å². The van der Waals surface area contributed by atoms with Gasteiger partial charge in [0, 0.05) is 0 Å². The maximum atomic E-state index is 2.20. The second-order valence-electron chi connectivity index (χ2n) is 4.09. The fraction of sp³-hybridized carbons (Fsp3) is 0.375. The number of hydrogen-bond donors (Lipinski definition) is 0. The van der Waals surface area contributed by atoms with Crippen LogP contribution in [-0.2, 0) is 29.9 Å². The molecule has 0 atom stereocenters. The largest absolute Gasteiger partial charge is 2.00 e. The first-order valence-corrected chi connectivity index (χ1v) is 6.28. The zero-order valence-electron chi connectivity index (χ0n) is 10.8. The molecule has 2 aromatic carbocycles. The SMILES string of the molecule is CCCc1ccc[cH-]1.CCCc1ccc[cH-]1.[Fe+2]. The molecule has 0 fully saturated rings. The Kier molecular flexibility index (Phi) is 9.90. The maximum Gasteiger partial charge on any atom is 2.00 e. The van der Waals surface area contributed by atoms with Crippen LogP contribution in [-0.4, -0.2) is 0 Å². The molecule has 0 saturated heterocycles. The topological polar surface area (TPSA) is 0 Å². The molecule has 0 N–H and O–H groups in total. The molecule has 0 saturated carbocycles. The first-order chi connectivity index (χ1) is 7.86. The standard InChI is InChI=1S/2C8H11.Fe/c2*1-2-5-8-6-3-4-7-8;/h2*3-4,6-7H,2,5H2,1H3;/q2*-1;+2. The van der Waals surface area contributed by atoms with Gasteiger partial charge in [0.2, 0.25) is 0 Å². The molecule has 0 heterocycles. The molecule has 0 nitrogen and oxygen atoms in total. The molecule has 2 rings (SSSR count). The van der Waals surface area contributed by atoms with Gasteiger partial charge >= 0.3 is 17.1 Å². The van der Waals surface area contributed by atoms with Crippen LogP contribution in [0, 0.1) is 0 Å². The van der Waals surface area contributed by atoms with Crippen molar-refractivity contribution in [3.05, 3.63) is 59.7 Å². The van der Waals surface area contributed by atoms with E-state index in [4.69, 9.17) is 0 Å². The smallest absolute Gasteiger partial charge is 0.213 e. The summed E-state index contributed by atoms with van der Waals surface area (Å²) in [7, 11) is 0. The van der Waals surface area contributed by atoms with Crippen LogP contribution < -0.4 is 0 Å². The van der Waals surface area contributed by atoms with Gasteiger partial charge in [0.05, 0.1) is 0 Å². The Bertz CT molecular complexity index is 293. The number of rotatable bonds is 4. The molecular weight excluding hydrogens is 248 g/mol. The average molecular weight is 270 g/mol. The quantitative estimate of drug-likeness (QED) is 0.557. The second-order valence-corrected chi connectivity index (χ2v) is 4.09. The van der Waals surface area contributed by atoms with E-state index in [0.29, 0.717) is 0 Å². The summed E-state index contributed by atoms with van der Waals surface area (Å²) < 4.78 is 0. The first-order valence-electron chi connectivity index (χ1n) is 6.28. The monoisotopic (exact) mass is 270 g/mol. The van der Waals surface area contributed by atoms with E-state index in [0.717, 1.165) is 0 Å². The Morgan fingerprint density at radius 2 is 1.24 bits per heavy atom. The summed E-state index contributed by atoms with van der Waals surface area (Å²) >= 11 is 0. The van der Waals surface area contributed by atoms with Gasteiger partial charge in [0.1, 0.15) is 0 Å². The van der Waals surface area contributed by atoms with E-state index < -0.39 is 0 Å². The van der Waals surface area contributed by atoms with Crippen LogP contribution in [0.1, 0.15) is 37.8 Å². The van der Waals surface area contributed by atoms with Gasteiger partial charge in [0.25, 0.3) is 0 Å². The zero-order chi connectivity index (χ0) is 11.6. The summed E-state index contributed by atoms with van der Waals surface area (Å²) in [5, 5.41) is 0. The van der Waals surface area contributed by atoms with Gasteiger partial charge in [-0.2, -0.15) is 35.4 Å². The molecule has 0 bridgehead atoms. The van der Waals surface area contributed by atoms with E-state index in [1.54, 1.807) is 0 Å². The van der Waals surface area contributed by atoms with Gasteiger partial charge < -0.3 is 0 Å². The van der Waals surface area contributed by atoms with Crippen LogP contribution in [0.25, 0.3) is 0 Å². The summed E-state index contributed by atoms with van der Waals surface area (Å²) in [4.78, 5) is 0. The summed E-state index contributed by atoms with van der Waals surface area (Å²) in [6, 6.07) is 17.0. The van der Waals surface area contributed by atoms with Crippen LogP contribution in [0.2, 0.25) is 0 Å². The molecule has 17 heavy (non-hydrogen) atoms. The number of hydrogen-bond acceptors (Lipinski definition) is 0. The van der Waals surface area contributed by atoms with Crippen molar-refractivity contribution in [2.45, 2.75) is 39.5 Å². The summed E-state index contributed by atoms with van der Waals surface area (Å²) in [6.07, 6.45) is 4.97. The van der Waals surface area contributed by atoms with Gasteiger partial charge in [-0.1, -0.05) is 39.5 Å². The molecule has 0 aliphatic heterocycles. The van der Waals surface area contributed by atoms with E-state index >= 15 is 0 Å². The van der Waals surface area contributed by atoms with E-state index in [2.05, 4.69) is 62.4 Å². The number of aryl methyl sites for hydroxylation is 2. The molecule has 0 aliphatic carbocycles. The molecule has 2 aromatic rings. The second kappa shape index (κ2) is 10.4. The van der Waals surface area contributed by atoms with Gasteiger partial charge in [-0.05, 0) is 0 Å². The van der Waals surface area contributed by atoms with E-state index in [-0.39, 0.29) is 17.1 Å². The van der Waals surface area contributed by atoms with Crippen molar-refractivity contribution in [3.8, 4) is 0 Å². The molecule has 0 unspecified atom stereocenters. The summed E-state index contributed by atoms with van der Waals surface area (Å²) in [5.74, 6) is 0. The van der Waals surface area contributed by atoms with Gasteiger partial charge in [0.15, 0.2) is 0 Å². The minimum atomic E-state index is 0. The minimum Gasteiger partial charge on any atom is -0.213 e. The van der Waals surface area contributed by atoms with E-state index in [1.165, 1.54) is 36.8 Å². The Morgan fingerprint density at radius 1 is 0.824 bits per heavy atom. The molecule has 0 amide bonds. The summed E-state index contributed by atoms with van der Waals surface area (Å²) in [5.41, 5.74) is 2.93. The Balaban J connectivity index is 0.000000284. The molecule has 0 radical (unpaired) electrons. The molecular formula is C16H22Fe. The molecule has 0 aromatic heterocycles. The van der Waals surface area contributed by atoms with Crippen molar-refractivity contribution in [2.24, 2.45) is 0 Å². The Hall–Kier alpha value is -0.781. The fourth-order valence-electron chi connectivity index (χ4n) is 1.74. The van der Waals surface area contributed by atoms with Crippen molar-refractivity contribution in [3.63, 3.8) is 0 Å². The molecule has 0 spiro atoms. The predicted molar refractivity (Wildman–Crippen MR) is 72.1 cm³/mol. The predicted octanol–water partition coefficient (Wildman–Crippen LogP) is 4.71. The van der Waals surface area contributed by atoms with Crippen LogP contribution in [0.3, 0.4) is 0 Å². The molecule has 94 valence electrons. The Labute approximate surface area is 116 Å². The molecule has 0 aliphatic rings. The van der Waals surface area contributed by atoms with E-state index in [1.807, 2.05) is 0 Å². The fourth-order valence-corrected chi connectivity index (χ4v) is 1.74.